The van der Waals surface area contributed by atoms with Crippen molar-refractivity contribution in [2.75, 3.05) is 0 Å². The fourth-order valence-electron chi connectivity index (χ4n) is 0.928. The van der Waals surface area contributed by atoms with Crippen molar-refractivity contribution in [2.24, 2.45) is 0 Å². The highest BCUT2D eigenvalue weighted by atomic mass is 16.3. The second-order valence-electron chi connectivity index (χ2n) is 2.46. The van der Waals surface area contributed by atoms with Crippen molar-refractivity contribution in [3.63, 3.8) is 0 Å². The lowest BCUT2D eigenvalue weighted by Gasteiger charge is -2.03. The van der Waals surface area contributed by atoms with Crippen LogP contribution in [-0.4, -0.2) is 15.3 Å². The van der Waals surface area contributed by atoms with Gasteiger partial charge in [-0.05, 0) is 12.5 Å². The summed E-state index contributed by atoms with van der Waals surface area (Å²) in [6.45, 7) is 3.49. The number of hydrogen-bond acceptors (Lipinski definition) is 3. The number of hydrogen-bond donors (Lipinski definition) is 3. The minimum absolute atomic E-state index is 0.0369. The van der Waals surface area contributed by atoms with Crippen LogP contribution in [0.15, 0.2) is 24.8 Å². The molecule has 0 amide bonds. The van der Waals surface area contributed by atoms with Crippen LogP contribution in [0.2, 0.25) is 0 Å². The lowest BCUT2D eigenvalue weighted by atomic mass is 10.1. The van der Waals surface area contributed by atoms with Crippen molar-refractivity contribution in [3.05, 3.63) is 30.4 Å². The third-order valence-electron chi connectivity index (χ3n) is 1.54. The van der Waals surface area contributed by atoms with Crippen LogP contribution in [0.25, 0.3) is 0 Å². The molecular formula is C9H10O3. The van der Waals surface area contributed by atoms with Crippen molar-refractivity contribution >= 4 is 0 Å². The minimum Gasteiger partial charge on any atom is -0.508 e. The van der Waals surface area contributed by atoms with Gasteiger partial charge in [0.2, 0.25) is 0 Å². The Morgan fingerprint density at radius 3 is 2.25 bits per heavy atom. The van der Waals surface area contributed by atoms with Crippen LogP contribution in [0.1, 0.15) is 5.56 Å². The van der Waals surface area contributed by atoms with Crippen LogP contribution >= 0.6 is 0 Å². The predicted molar refractivity (Wildman–Crippen MR) is 45.3 cm³/mol. The van der Waals surface area contributed by atoms with E-state index in [0.29, 0.717) is 12.0 Å². The maximum absolute atomic E-state index is 9.23. The molecule has 3 N–H and O–H groups in total. The molecule has 0 fully saturated rings. The molecule has 3 heteroatoms. The molecule has 0 aliphatic heterocycles. The normalized spacial score (nSPS) is 9.67. The van der Waals surface area contributed by atoms with Gasteiger partial charge in [-0.3, -0.25) is 0 Å². The van der Waals surface area contributed by atoms with Gasteiger partial charge in [0.05, 0.1) is 0 Å². The summed E-state index contributed by atoms with van der Waals surface area (Å²) < 4.78 is 0. The largest absolute Gasteiger partial charge is 0.508 e. The zero-order valence-corrected chi connectivity index (χ0v) is 6.49. The standard InChI is InChI=1S/C9H10O3/c1-2-3-6-4-8(11)9(12)5-7(6)10/h2,4-5,10-12H,1,3H2. The third kappa shape index (κ3) is 1.50. The quantitative estimate of drug-likeness (QED) is 0.354. The molecule has 0 atom stereocenters. The van der Waals surface area contributed by atoms with Crippen molar-refractivity contribution in [2.45, 2.75) is 6.42 Å². The summed E-state index contributed by atoms with van der Waals surface area (Å²) >= 11 is 0. The lowest BCUT2D eigenvalue weighted by molar-refractivity contribution is 0.395. The van der Waals surface area contributed by atoms with Gasteiger partial charge >= 0.3 is 0 Å². The van der Waals surface area contributed by atoms with E-state index in [2.05, 4.69) is 6.58 Å². The highest BCUT2D eigenvalue weighted by Gasteiger charge is 2.05. The van der Waals surface area contributed by atoms with Gasteiger partial charge in [0.25, 0.3) is 0 Å². The Balaban J connectivity index is 3.13. The van der Waals surface area contributed by atoms with E-state index in [4.69, 9.17) is 10.2 Å². The highest BCUT2D eigenvalue weighted by Crippen LogP contribution is 2.32. The molecule has 1 aromatic rings. The lowest BCUT2D eigenvalue weighted by Crippen LogP contribution is -1.82. The Morgan fingerprint density at radius 1 is 1.08 bits per heavy atom. The molecule has 12 heavy (non-hydrogen) atoms. The molecule has 1 rings (SSSR count). The van der Waals surface area contributed by atoms with Crippen LogP contribution in [0.5, 0.6) is 17.2 Å². The summed E-state index contributed by atoms with van der Waals surface area (Å²) in [5.74, 6) is -0.588. The molecular weight excluding hydrogens is 156 g/mol. The number of phenols is 3. The summed E-state index contributed by atoms with van der Waals surface area (Å²) in [6, 6.07) is 2.42. The van der Waals surface area contributed by atoms with E-state index in [1.807, 2.05) is 0 Å². The van der Waals surface area contributed by atoms with Crippen molar-refractivity contribution in [1.82, 2.24) is 0 Å². The fourth-order valence-corrected chi connectivity index (χ4v) is 0.928. The van der Waals surface area contributed by atoms with E-state index in [1.165, 1.54) is 6.07 Å². The van der Waals surface area contributed by atoms with Gasteiger partial charge in [0, 0.05) is 11.6 Å². The first kappa shape index (κ1) is 8.46. The van der Waals surface area contributed by atoms with E-state index in [0.717, 1.165) is 6.07 Å². The van der Waals surface area contributed by atoms with E-state index in [9.17, 15) is 5.11 Å². The zero-order chi connectivity index (χ0) is 9.14. The minimum atomic E-state index is -0.319. The molecule has 0 saturated carbocycles. The SMILES string of the molecule is C=CCc1cc(O)c(O)cc1O. The summed E-state index contributed by atoms with van der Waals surface area (Å²) in [6.07, 6.45) is 2.06. The topological polar surface area (TPSA) is 60.7 Å². The van der Waals surface area contributed by atoms with Crippen molar-refractivity contribution in [1.29, 1.82) is 0 Å². The maximum Gasteiger partial charge on any atom is 0.161 e. The van der Waals surface area contributed by atoms with E-state index >= 15 is 0 Å². The maximum atomic E-state index is 9.23. The summed E-state index contributed by atoms with van der Waals surface area (Å²) in [5, 5.41) is 27.2. The molecule has 0 bridgehead atoms. The molecule has 0 saturated heterocycles. The van der Waals surface area contributed by atoms with Crippen LogP contribution in [0, 0.1) is 0 Å². The Kier molecular flexibility index (Phi) is 2.24. The molecule has 0 spiro atoms. The van der Waals surface area contributed by atoms with Crippen LogP contribution < -0.4 is 0 Å². The molecule has 64 valence electrons. The number of allylic oxidation sites excluding steroid dienone is 1. The second kappa shape index (κ2) is 3.17. The Bertz CT molecular complexity index is 305. The van der Waals surface area contributed by atoms with E-state index in [1.54, 1.807) is 6.08 Å². The monoisotopic (exact) mass is 166 g/mol. The fraction of sp³-hybridized carbons (Fsp3) is 0.111. The van der Waals surface area contributed by atoms with Crippen molar-refractivity contribution < 1.29 is 15.3 Å². The van der Waals surface area contributed by atoms with Crippen molar-refractivity contribution in [3.8, 4) is 17.2 Å². The van der Waals surface area contributed by atoms with Gasteiger partial charge in [0.15, 0.2) is 11.5 Å². The Hall–Kier alpha value is -1.64. The molecule has 1 aromatic carbocycles. The third-order valence-corrected chi connectivity index (χ3v) is 1.54. The first-order valence-electron chi connectivity index (χ1n) is 3.50. The first-order chi connectivity index (χ1) is 5.65. The van der Waals surface area contributed by atoms with E-state index in [-0.39, 0.29) is 17.2 Å². The summed E-state index contributed by atoms with van der Waals surface area (Å²) in [7, 11) is 0. The molecule has 0 unspecified atom stereocenters. The number of phenolic OH excluding ortho intramolecular Hbond substituents is 3. The summed E-state index contributed by atoms with van der Waals surface area (Å²) in [4.78, 5) is 0. The van der Waals surface area contributed by atoms with Gasteiger partial charge in [-0.1, -0.05) is 6.08 Å². The Labute approximate surface area is 70.2 Å². The highest BCUT2D eigenvalue weighted by molar-refractivity contribution is 5.48. The predicted octanol–water partition coefficient (Wildman–Crippen LogP) is 1.53. The number of rotatable bonds is 2. The molecule has 0 aliphatic carbocycles. The second-order valence-corrected chi connectivity index (χ2v) is 2.46. The van der Waals surface area contributed by atoms with Gasteiger partial charge in [0.1, 0.15) is 5.75 Å². The van der Waals surface area contributed by atoms with Crippen LogP contribution in [0.3, 0.4) is 0 Å². The molecule has 0 heterocycles. The van der Waals surface area contributed by atoms with Gasteiger partial charge < -0.3 is 15.3 Å². The van der Waals surface area contributed by atoms with Gasteiger partial charge in [-0.15, -0.1) is 6.58 Å². The average molecular weight is 166 g/mol. The first-order valence-corrected chi connectivity index (χ1v) is 3.50. The van der Waals surface area contributed by atoms with Gasteiger partial charge in [-0.25, -0.2) is 0 Å². The molecule has 0 radical (unpaired) electrons. The van der Waals surface area contributed by atoms with E-state index < -0.39 is 0 Å². The molecule has 0 aromatic heterocycles. The average Bonchev–Trinajstić information content (AvgIpc) is 2.01. The van der Waals surface area contributed by atoms with Crippen LogP contribution in [0.4, 0.5) is 0 Å². The van der Waals surface area contributed by atoms with Crippen LogP contribution in [-0.2, 0) is 6.42 Å². The molecule has 3 nitrogen and oxygen atoms in total. The Morgan fingerprint density at radius 2 is 1.67 bits per heavy atom. The smallest absolute Gasteiger partial charge is 0.161 e. The number of aromatic hydroxyl groups is 3. The summed E-state index contributed by atoms with van der Waals surface area (Å²) in [5.41, 5.74) is 0.542. The zero-order valence-electron chi connectivity index (χ0n) is 6.49. The number of benzene rings is 1. The molecule has 0 aliphatic rings. The van der Waals surface area contributed by atoms with Gasteiger partial charge in [-0.2, -0.15) is 0 Å².